The molecule has 0 radical (unpaired) electrons. The minimum Gasteiger partial charge on any atom is -0.398 e. The summed E-state index contributed by atoms with van der Waals surface area (Å²) in [6.45, 7) is 7.99. The van der Waals surface area contributed by atoms with E-state index in [0.29, 0.717) is 11.4 Å². The van der Waals surface area contributed by atoms with Gasteiger partial charge in [-0.1, -0.05) is 0 Å². The van der Waals surface area contributed by atoms with E-state index in [1.807, 2.05) is 27.7 Å². The molecule has 1 aromatic rings. The maximum Gasteiger partial charge on any atom is 0.516 e. The number of hydrogen-bond acceptors (Lipinski definition) is 5. The first-order valence-electron chi connectivity index (χ1n) is 5.25. The number of hydrogen-bond donors (Lipinski definition) is 1. The maximum atomic E-state index is 5.82. The molecule has 1 aliphatic heterocycles. The normalized spacial score (nSPS) is 22.4. The van der Waals surface area contributed by atoms with Gasteiger partial charge in [-0.05, 0) is 27.7 Å². The lowest BCUT2D eigenvalue weighted by Gasteiger charge is -2.32. The summed E-state index contributed by atoms with van der Waals surface area (Å²) in [6.07, 6.45) is 3.08. The topological polar surface area (TPSA) is 70.3 Å². The van der Waals surface area contributed by atoms with Gasteiger partial charge in [0.05, 0.1) is 23.0 Å². The summed E-state index contributed by atoms with van der Waals surface area (Å²) in [6, 6.07) is 0. The summed E-state index contributed by atoms with van der Waals surface area (Å²) in [7, 11) is -0.474. The third kappa shape index (κ3) is 1.78. The van der Waals surface area contributed by atoms with Crippen LogP contribution in [-0.2, 0) is 9.31 Å². The molecule has 5 nitrogen and oxygen atoms in total. The van der Waals surface area contributed by atoms with Gasteiger partial charge in [0.1, 0.15) is 5.82 Å². The average Bonchev–Trinajstić information content (AvgIpc) is 2.37. The molecule has 86 valence electrons. The van der Waals surface area contributed by atoms with E-state index in [1.165, 1.54) is 6.20 Å². The molecule has 6 heteroatoms. The molecule has 0 amide bonds. The van der Waals surface area contributed by atoms with Gasteiger partial charge in [-0.2, -0.15) is 0 Å². The van der Waals surface area contributed by atoms with Crippen LogP contribution in [0.5, 0.6) is 0 Å². The van der Waals surface area contributed by atoms with E-state index in [9.17, 15) is 0 Å². The molecule has 0 spiro atoms. The molecule has 1 aromatic heterocycles. The van der Waals surface area contributed by atoms with Gasteiger partial charge in [0, 0.05) is 6.20 Å². The minimum atomic E-state index is -0.474. The summed E-state index contributed by atoms with van der Waals surface area (Å²) in [4.78, 5) is 8.13. The first kappa shape index (κ1) is 11.4. The Hall–Kier alpha value is -1.14. The molecule has 2 N–H and O–H groups in total. The van der Waals surface area contributed by atoms with E-state index < -0.39 is 7.12 Å². The molecule has 1 fully saturated rings. The van der Waals surface area contributed by atoms with Crippen LogP contribution >= 0.6 is 0 Å². The fourth-order valence-electron chi connectivity index (χ4n) is 1.43. The highest BCUT2D eigenvalue weighted by Gasteiger charge is 2.52. The van der Waals surface area contributed by atoms with Crippen LogP contribution in [0, 0.1) is 0 Å². The van der Waals surface area contributed by atoms with Crippen LogP contribution in [0.25, 0.3) is 0 Å². The predicted molar refractivity (Wildman–Crippen MR) is 62.2 cm³/mol. The van der Waals surface area contributed by atoms with Crippen molar-refractivity contribution < 1.29 is 9.31 Å². The minimum absolute atomic E-state index is 0.360. The average molecular weight is 221 g/mol. The lowest BCUT2D eigenvalue weighted by atomic mass is 9.85. The van der Waals surface area contributed by atoms with Crippen molar-refractivity contribution in [2.24, 2.45) is 0 Å². The van der Waals surface area contributed by atoms with Crippen LogP contribution in [0.15, 0.2) is 12.4 Å². The molecule has 2 heterocycles. The quantitative estimate of drug-likeness (QED) is 0.693. The number of anilines is 1. The molecular weight excluding hydrogens is 205 g/mol. The second-order valence-electron chi connectivity index (χ2n) is 4.95. The Morgan fingerprint density at radius 3 is 2.06 bits per heavy atom. The fourth-order valence-corrected chi connectivity index (χ4v) is 1.43. The van der Waals surface area contributed by atoms with E-state index in [0.717, 1.165) is 0 Å². The lowest BCUT2D eigenvalue weighted by molar-refractivity contribution is 0.00578. The molecule has 16 heavy (non-hydrogen) atoms. The summed E-state index contributed by atoms with van der Waals surface area (Å²) in [5, 5.41) is 0. The van der Waals surface area contributed by atoms with E-state index in [4.69, 9.17) is 15.0 Å². The third-order valence-electron chi connectivity index (χ3n) is 3.19. The Balaban J connectivity index is 2.23. The third-order valence-corrected chi connectivity index (χ3v) is 3.19. The van der Waals surface area contributed by atoms with Gasteiger partial charge in [-0.25, -0.2) is 4.98 Å². The first-order chi connectivity index (χ1) is 7.32. The predicted octanol–water partition coefficient (Wildman–Crippen LogP) is 0.358. The Morgan fingerprint density at radius 1 is 1.06 bits per heavy atom. The van der Waals surface area contributed by atoms with Crippen molar-refractivity contribution in [2.75, 3.05) is 5.73 Å². The van der Waals surface area contributed by atoms with Gasteiger partial charge >= 0.3 is 7.12 Å². The van der Waals surface area contributed by atoms with Crippen LogP contribution in [0.4, 0.5) is 5.82 Å². The van der Waals surface area contributed by atoms with Crippen LogP contribution in [-0.4, -0.2) is 28.3 Å². The van der Waals surface area contributed by atoms with Crippen molar-refractivity contribution in [3.63, 3.8) is 0 Å². The van der Waals surface area contributed by atoms with E-state index in [1.54, 1.807) is 6.20 Å². The summed E-state index contributed by atoms with van der Waals surface area (Å²) < 4.78 is 11.6. The van der Waals surface area contributed by atoms with Crippen LogP contribution < -0.4 is 11.3 Å². The maximum absolute atomic E-state index is 5.82. The number of aromatic nitrogens is 2. The molecule has 0 unspecified atom stereocenters. The Labute approximate surface area is 95.5 Å². The Bertz CT molecular complexity index is 376. The highest BCUT2D eigenvalue weighted by atomic mass is 16.7. The van der Waals surface area contributed by atoms with Gasteiger partial charge in [-0.15, -0.1) is 0 Å². The molecule has 0 saturated carbocycles. The van der Waals surface area contributed by atoms with Crippen molar-refractivity contribution in [2.45, 2.75) is 38.9 Å². The SMILES string of the molecule is CC1(C)OB(c2cnc(N)cn2)OC1(C)C. The van der Waals surface area contributed by atoms with Gasteiger partial charge in [-0.3, -0.25) is 4.98 Å². The number of nitrogen functional groups attached to an aromatic ring is 1. The second-order valence-corrected chi connectivity index (χ2v) is 4.95. The number of rotatable bonds is 1. The summed E-state index contributed by atoms with van der Waals surface area (Å²) >= 11 is 0. The van der Waals surface area contributed by atoms with Crippen molar-refractivity contribution in [1.29, 1.82) is 0 Å². The Kier molecular flexibility index (Phi) is 2.43. The van der Waals surface area contributed by atoms with Gasteiger partial charge in [0.15, 0.2) is 0 Å². The number of nitrogens with zero attached hydrogens (tertiary/aromatic N) is 2. The van der Waals surface area contributed by atoms with Gasteiger partial charge in [0.25, 0.3) is 0 Å². The van der Waals surface area contributed by atoms with Crippen LogP contribution in [0.1, 0.15) is 27.7 Å². The fraction of sp³-hybridized carbons (Fsp3) is 0.600. The van der Waals surface area contributed by atoms with Crippen molar-refractivity contribution in [3.05, 3.63) is 12.4 Å². The van der Waals surface area contributed by atoms with Crippen molar-refractivity contribution in [1.82, 2.24) is 9.97 Å². The van der Waals surface area contributed by atoms with Crippen LogP contribution in [0.2, 0.25) is 0 Å². The molecule has 0 aromatic carbocycles. The molecule has 0 bridgehead atoms. The van der Waals surface area contributed by atoms with Gasteiger partial charge < -0.3 is 15.0 Å². The van der Waals surface area contributed by atoms with Crippen molar-refractivity contribution in [3.8, 4) is 0 Å². The molecule has 0 atom stereocenters. The Morgan fingerprint density at radius 2 is 1.62 bits per heavy atom. The van der Waals surface area contributed by atoms with E-state index in [-0.39, 0.29) is 11.2 Å². The molecule has 1 aliphatic rings. The standard InChI is InChI=1S/C10H16BN3O2/c1-9(2)10(3,4)16-11(15-9)7-5-14-8(12)6-13-7/h5-6H,1-4H3,(H2,12,14). The molecule has 2 rings (SSSR count). The molecular formula is C10H16BN3O2. The highest BCUT2D eigenvalue weighted by molar-refractivity contribution is 6.61. The molecule has 1 saturated heterocycles. The zero-order valence-corrected chi connectivity index (χ0v) is 10.0. The van der Waals surface area contributed by atoms with Gasteiger partial charge in [0.2, 0.25) is 0 Å². The summed E-state index contributed by atoms with van der Waals surface area (Å²) in [5.74, 6) is 0.389. The first-order valence-corrected chi connectivity index (χ1v) is 5.25. The zero-order valence-electron chi connectivity index (χ0n) is 10.0. The molecule has 0 aliphatic carbocycles. The van der Waals surface area contributed by atoms with E-state index in [2.05, 4.69) is 9.97 Å². The lowest BCUT2D eigenvalue weighted by Crippen LogP contribution is -2.41. The number of nitrogens with two attached hydrogens (primary N) is 1. The van der Waals surface area contributed by atoms with Crippen molar-refractivity contribution >= 4 is 18.5 Å². The zero-order chi connectivity index (χ0) is 12.0. The highest BCUT2D eigenvalue weighted by Crippen LogP contribution is 2.36. The smallest absolute Gasteiger partial charge is 0.398 e. The largest absolute Gasteiger partial charge is 0.516 e. The van der Waals surface area contributed by atoms with E-state index >= 15 is 0 Å². The van der Waals surface area contributed by atoms with Crippen LogP contribution in [0.3, 0.4) is 0 Å². The second kappa shape index (κ2) is 3.43. The summed E-state index contributed by atoms with van der Waals surface area (Å²) in [5.41, 5.74) is 5.40. The monoisotopic (exact) mass is 221 g/mol.